The highest BCUT2D eigenvalue weighted by atomic mass is 32.2. The van der Waals surface area contributed by atoms with Crippen LogP contribution in [0.3, 0.4) is 0 Å². The lowest BCUT2D eigenvalue weighted by atomic mass is 10.2. The number of aryl methyl sites for hydroxylation is 2. The van der Waals surface area contributed by atoms with Crippen LogP contribution in [0.4, 0.5) is 0 Å². The molecule has 0 aliphatic rings. The maximum Gasteiger partial charge on any atom is 0.268 e. The van der Waals surface area contributed by atoms with E-state index in [0.29, 0.717) is 17.0 Å². The molecule has 0 aliphatic carbocycles. The fraction of sp³-hybridized carbons (Fsp3) is 0.143. The zero-order valence-corrected chi connectivity index (χ0v) is 11.0. The average Bonchev–Trinajstić information content (AvgIpc) is 2.69. The van der Waals surface area contributed by atoms with Crippen molar-refractivity contribution in [1.82, 2.24) is 3.97 Å². The third kappa shape index (κ3) is 1.93. The summed E-state index contributed by atoms with van der Waals surface area (Å²) in [4.78, 5) is 0.240. The van der Waals surface area contributed by atoms with E-state index in [4.69, 9.17) is 6.42 Å². The van der Waals surface area contributed by atoms with Gasteiger partial charge in [0.1, 0.15) is 0 Å². The van der Waals surface area contributed by atoms with Gasteiger partial charge in [-0.25, -0.2) is 12.4 Å². The zero-order valence-electron chi connectivity index (χ0n) is 10.2. The quantitative estimate of drug-likeness (QED) is 0.776. The monoisotopic (exact) mass is 259 g/mol. The summed E-state index contributed by atoms with van der Waals surface area (Å²) in [6, 6.07) is 9.88. The van der Waals surface area contributed by atoms with Gasteiger partial charge in [-0.1, -0.05) is 5.92 Å². The molecule has 0 unspecified atom stereocenters. The van der Waals surface area contributed by atoms with Crippen LogP contribution >= 0.6 is 0 Å². The topological polar surface area (TPSA) is 39.1 Å². The van der Waals surface area contributed by atoms with Crippen molar-refractivity contribution in [2.75, 3.05) is 0 Å². The first-order valence-electron chi connectivity index (χ1n) is 5.44. The number of benzene rings is 1. The highest BCUT2D eigenvalue weighted by Crippen LogP contribution is 2.19. The molecule has 0 radical (unpaired) electrons. The Morgan fingerprint density at radius 2 is 1.50 bits per heavy atom. The molecule has 0 fully saturated rings. The van der Waals surface area contributed by atoms with Gasteiger partial charge < -0.3 is 0 Å². The van der Waals surface area contributed by atoms with Crippen LogP contribution in [-0.4, -0.2) is 12.4 Å². The van der Waals surface area contributed by atoms with Crippen molar-refractivity contribution >= 4 is 10.0 Å². The summed E-state index contributed by atoms with van der Waals surface area (Å²) >= 11 is 0. The van der Waals surface area contributed by atoms with Gasteiger partial charge in [-0.05, 0) is 50.2 Å². The standard InChI is InChI=1S/C14H13NO2S/c1-4-13-7-9-14(10-8-13)18(16,17)15-11(2)5-6-12(15)3/h1,5-10H,2-3H3. The van der Waals surface area contributed by atoms with E-state index in [1.54, 1.807) is 38.1 Å². The summed E-state index contributed by atoms with van der Waals surface area (Å²) < 4.78 is 26.2. The zero-order chi connectivity index (χ0) is 13.3. The SMILES string of the molecule is C#Cc1ccc(S(=O)(=O)n2c(C)ccc2C)cc1. The van der Waals surface area contributed by atoms with E-state index >= 15 is 0 Å². The third-order valence-electron chi connectivity index (χ3n) is 2.77. The van der Waals surface area contributed by atoms with Crippen molar-refractivity contribution in [1.29, 1.82) is 0 Å². The van der Waals surface area contributed by atoms with Gasteiger partial charge in [0, 0.05) is 17.0 Å². The Hall–Kier alpha value is -1.99. The molecular weight excluding hydrogens is 246 g/mol. The largest absolute Gasteiger partial charge is 0.268 e. The van der Waals surface area contributed by atoms with Crippen LogP contribution < -0.4 is 0 Å². The molecule has 0 spiro atoms. The molecule has 0 saturated heterocycles. The summed E-state index contributed by atoms with van der Waals surface area (Å²) in [5.41, 5.74) is 2.04. The molecule has 0 N–H and O–H groups in total. The molecular formula is C14H13NO2S. The van der Waals surface area contributed by atoms with Gasteiger partial charge in [-0.2, -0.15) is 0 Å². The van der Waals surface area contributed by atoms with Crippen molar-refractivity contribution in [3.05, 3.63) is 53.3 Å². The van der Waals surface area contributed by atoms with Gasteiger partial charge in [0.2, 0.25) is 0 Å². The fourth-order valence-electron chi connectivity index (χ4n) is 1.86. The van der Waals surface area contributed by atoms with E-state index < -0.39 is 10.0 Å². The van der Waals surface area contributed by atoms with Gasteiger partial charge in [0.05, 0.1) is 4.90 Å². The lowest BCUT2D eigenvalue weighted by Crippen LogP contribution is -2.15. The average molecular weight is 259 g/mol. The van der Waals surface area contributed by atoms with E-state index in [9.17, 15) is 8.42 Å². The molecule has 1 heterocycles. The molecule has 0 amide bonds. The highest BCUT2D eigenvalue weighted by Gasteiger charge is 2.19. The maximum absolute atomic E-state index is 12.4. The van der Waals surface area contributed by atoms with Gasteiger partial charge in [-0.3, -0.25) is 0 Å². The second-order valence-electron chi connectivity index (χ2n) is 4.05. The molecule has 0 saturated carbocycles. The summed E-state index contributed by atoms with van der Waals surface area (Å²) in [7, 11) is -3.53. The summed E-state index contributed by atoms with van der Waals surface area (Å²) in [6.07, 6.45) is 5.25. The Kier molecular flexibility index (Phi) is 3.02. The number of rotatable bonds is 2. The van der Waals surface area contributed by atoms with Gasteiger partial charge in [0.15, 0.2) is 0 Å². The molecule has 18 heavy (non-hydrogen) atoms. The molecule has 0 aliphatic heterocycles. The van der Waals surface area contributed by atoms with E-state index in [2.05, 4.69) is 5.92 Å². The van der Waals surface area contributed by atoms with E-state index in [1.807, 2.05) is 0 Å². The van der Waals surface area contributed by atoms with Crippen LogP contribution in [0.15, 0.2) is 41.3 Å². The smallest absolute Gasteiger partial charge is 0.243 e. The fourth-order valence-corrected chi connectivity index (χ4v) is 3.43. The van der Waals surface area contributed by atoms with Crippen molar-refractivity contribution in [2.24, 2.45) is 0 Å². The number of aromatic nitrogens is 1. The van der Waals surface area contributed by atoms with Crippen LogP contribution in [0.1, 0.15) is 17.0 Å². The van der Waals surface area contributed by atoms with E-state index in [0.717, 1.165) is 0 Å². The number of nitrogens with zero attached hydrogens (tertiary/aromatic N) is 1. The molecule has 1 aromatic heterocycles. The second-order valence-corrected chi connectivity index (χ2v) is 5.84. The molecule has 92 valence electrons. The number of hydrogen-bond acceptors (Lipinski definition) is 2. The molecule has 3 nitrogen and oxygen atoms in total. The van der Waals surface area contributed by atoms with Gasteiger partial charge in [0.25, 0.3) is 10.0 Å². The maximum atomic E-state index is 12.4. The third-order valence-corrected chi connectivity index (χ3v) is 4.69. The van der Waals surface area contributed by atoms with E-state index in [-0.39, 0.29) is 4.90 Å². The Balaban J connectivity index is 2.59. The van der Waals surface area contributed by atoms with Crippen LogP contribution in [0.2, 0.25) is 0 Å². The first-order valence-corrected chi connectivity index (χ1v) is 6.88. The molecule has 4 heteroatoms. The van der Waals surface area contributed by atoms with Crippen LogP contribution in [0, 0.1) is 26.2 Å². The number of terminal acetylenes is 1. The second kappa shape index (κ2) is 4.35. The first-order chi connectivity index (χ1) is 8.46. The Morgan fingerprint density at radius 3 is 1.94 bits per heavy atom. The molecule has 1 aromatic carbocycles. The van der Waals surface area contributed by atoms with Crippen molar-refractivity contribution in [2.45, 2.75) is 18.7 Å². The van der Waals surface area contributed by atoms with Crippen LogP contribution in [0.5, 0.6) is 0 Å². The minimum absolute atomic E-state index is 0.240. The highest BCUT2D eigenvalue weighted by molar-refractivity contribution is 7.90. The van der Waals surface area contributed by atoms with Gasteiger partial charge in [-0.15, -0.1) is 6.42 Å². The lowest BCUT2D eigenvalue weighted by molar-refractivity contribution is 0.585. The molecule has 2 rings (SSSR count). The normalized spacial score (nSPS) is 11.2. The summed E-state index contributed by atoms with van der Waals surface area (Å²) in [5.74, 6) is 2.46. The Morgan fingerprint density at radius 1 is 1.00 bits per heavy atom. The Labute approximate surface area is 107 Å². The lowest BCUT2D eigenvalue weighted by Gasteiger charge is -2.10. The first kappa shape index (κ1) is 12.5. The summed E-state index contributed by atoms with van der Waals surface area (Å²) in [6.45, 7) is 3.53. The van der Waals surface area contributed by atoms with Crippen molar-refractivity contribution < 1.29 is 8.42 Å². The van der Waals surface area contributed by atoms with Crippen LogP contribution in [0.25, 0.3) is 0 Å². The van der Waals surface area contributed by atoms with Crippen molar-refractivity contribution in [3.8, 4) is 12.3 Å². The van der Waals surface area contributed by atoms with Gasteiger partial charge >= 0.3 is 0 Å². The predicted octanol–water partition coefficient (Wildman–Crippen LogP) is 2.32. The molecule has 0 bridgehead atoms. The van der Waals surface area contributed by atoms with Crippen molar-refractivity contribution in [3.63, 3.8) is 0 Å². The molecule has 2 aromatic rings. The summed E-state index contributed by atoms with van der Waals surface area (Å²) in [5, 5.41) is 0. The minimum atomic E-state index is -3.53. The Bertz CT molecular complexity index is 697. The minimum Gasteiger partial charge on any atom is -0.243 e. The number of hydrogen-bond donors (Lipinski definition) is 0. The molecule has 0 atom stereocenters. The predicted molar refractivity (Wildman–Crippen MR) is 70.9 cm³/mol. The van der Waals surface area contributed by atoms with Crippen LogP contribution in [-0.2, 0) is 10.0 Å². The van der Waals surface area contributed by atoms with E-state index in [1.165, 1.54) is 16.1 Å².